The van der Waals surface area contributed by atoms with Gasteiger partial charge in [-0.25, -0.2) is 0 Å². The lowest BCUT2D eigenvalue weighted by Crippen LogP contribution is -2.50. The van der Waals surface area contributed by atoms with E-state index in [2.05, 4.69) is 43.6 Å². The molecule has 4 heteroatoms. The molecular formula is C25H33NO2Si. The first-order chi connectivity index (χ1) is 13.7. The van der Waals surface area contributed by atoms with Crippen LogP contribution in [0.1, 0.15) is 62.5 Å². The maximum atomic E-state index is 11.7. The van der Waals surface area contributed by atoms with Gasteiger partial charge in [0, 0.05) is 11.8 Å². The molecule has 1 aromatic carbocycles. The van der Waals surface area contributed by atoms with Gasteiger partial charge >= 0.3 is 0 Å². The van der Waals surface area contributed by atoms with E-state index in [4.69, 9.17) is 5.26 Å². The average Bonchev–Trinajstić information content (AvgIpc) is 2.96. The standard InChI is InChI=1S/C25H33NO2Si/c1-24-11-9-21-20-8-6-19(27)17-18(20)5-7-22(21)23(24)10-12-25(24,28)13-16-29(2,3)15-4-14-26/h6,8,17,21-23,27-28H,4-5,7,9-12,15H2,1-3H3/t21-,22-,23+,24+,25-/m1/s1. The summed E-state index contributed by atoms with van der Waals surface area (Å²) >= 11 is 0. The lowest BCUT2D eigenvalue weighted by atomic mass is 9.53. The Morgan fingerprint density at radius 3 is 2.76 bits per heavy atom. The predicted molar refractivity (Wildman–Crippen MR) is 118 cm³/mol. The molecule has 0 spiro atoms. The second-order valence-electron chi connectivity index (χ2n) is 10.4. The molecule has 154 valence electrons. The van der Waals surface area contributed by atoms with Crippen molar-refractivity contribution < 1.29 is 10.2 Å². The lowest BCUT2D eigenvalue weighted by Gasteiger charge is -2.52. The van der Waals surface area contributed by atoms with Crippen molar-refractivity contribution in [2.24, 2.45) is 17.3 Å². The Hall–Kier alpha value is -1.75. The topological polar surface area (TPSA) is 64.2 Å². The number of benzene rings is 1. The Bertz CT molecular complexity index is 908. The van der Waals surface area contributed by atoms with E-state index in [0.29, 0.717) is 29.9 Å². The van der Waals surface area contributed by atoms with Crippen LogP contribution in [0.4, 0.5) is 0 Å². The van der Waals surface area contributed by atoms with Crippen molar-refractivity contribution in [3.63, 3.8) is 0 Å². The number of phenols is 1. The minimum absolute atomic E-state index is 0.144. The number of hydrogen-bond acceptors (Lipinski definition) is 3. The molecular weight excluding hydrogens is 374 g/mol. The molecule has 5 atom stereocenters. The zero-order chi connectivity index (χ0) is 20.9. The molecule has 0 heterocycles. The first-order valence-electron chi connectivity index (χ1n) is 11.1. The summed E-state index contributed by atoms with van der Waals surface area (Å²) in [6, 6.07) is 9.04. The molecule has 3 aliphatic rings. The molecule has 3 aliphatic carbocycles. The van der Waals surface area contributed by atoms with Gasteiger partial charge in [-0.15, -0.1) is 5.54 Å². The number of nitrogens with zero attached hydrogens (tertiary/aromatic N) is 1. The second-order valence-corrected chi connectivity index (χ2v) is 15.0. The molecule has 0 radical (unpaired) electrons. The number of aliphatic hydroxyl groups is 1. The highest BCUT2D eigenvalue weighted by atomic mass is 28.3. The maximum absolute atomic E-state index is 11.7. The summed E-state index contributed by atoms with van der Waals surface area (Å²) in [4.78, 5) is 0. The van der Waals surface area contributed by atoms with Crippen LogP contribution in [0, 0.1) is 40.0 Å². The van der Waals surface area contributed by atoms with Gasteiger partial charge in [-0.2, -0.15) is 5.26 Å². The molecule has 29 heavy (non-hydrogen) atoms. The zero-order valence-corrected chi connectivity index (χ0v) is 19.0. The van der Waals surface area contributed by atoms with Crippen LogP contribution in [0.5, 0.6) is 5.75 Å². The average molecular weight is 408 g/mol. The summed E-state index contributed by atoms with van der Waals surface area (Å²) in [5.74, 6) is 5.42. The number of rotatable bonds is 2. The fourth-order valence-corrected chi connectivity index (χ4v) is 7.90. The van der Waals surface area contributed by atoms with Crippen molar-refractivity contribution >= 4 is 8.07 Å². The third-order valence-electron chi connectivity index (χ3n) is 8.33. The van der Waals surface area contributed by atoms with Crippen LogP contribution in [-0.4, -0.2) is 23.9 Å². The van der Waals surface area contributed by atoms with Crippen molar-refractivity contribution in [3.8, 4) is 23.3 Å². The molecule has 0 bridgehead atoms. The van der Waals surface area contributed by atoms with Gasteiger partial charge in [0.05, 0.1) is 6.07 Å². The van der Waals surface area contributed by atoms with Crippen LogP contribution in [0.3, 0.4) is 0 Å². The highest BCUT2D eigenvalue weighted by molar-refractivity contribution is 6.85. The number of hydrogen-bond donors (Lipinski definition) is 2. The number of nitriles is 1. The summed E-state index contributed by atoms with van der Waals surface area (Å²) in [5, 5.41) is 30.5. The van der Waals surface area contributed by atoms with Gasteiger partial charge in [-0.3, -0.25) is 0 Å². The number of fused-ring (bicyclic) bond motifs is 5. The largest absolute Gasteiger partial charge is 0.508 e. The van der Waals surface area contributed by atoms with E-state index in [1.807, 2.05) is 12.1 Å². The maximum Gasteiger partial charge on any atom is 0.133 e. The molecule has 0 saturated heterocycles. The Morgan fingerprint density at radius 1 is 1.21 bits per heavy atom. The van der Waals surface area contributed by atoms with Crippen LogP contribution in [0.2, 0.25) is 19.1 Å². The third-order valence-corrected chi connectivity index (χ3v) is 10.6. The molecule has 0 amide bonds. The molecule has 0 aliphatic heterocycles. The molecule has 4 rings (SSSR count). The first-order valence-corrected chi connectivity index (χ1v) is 14.4. The highest BCUT2D eigenvalue weighted by Crippen LogP contribution is 2.64. The first kappa shape index (κ1) is 20.5. The van der Waals surface area contributed by atoms with Crippen LogP contribution in [0.15, 0.2) is 18.2 Å². The van der Waals surface area contributed by atoms with E-state index < -0.39 is 13.7 Å². The number of phenolic OH excluding ortho intramolecular Hbond substituents is 1. The van der Waals surface area contributed by atoms with Crippen molar-refractivity contribution in [2.75, 3.05) is 0 Å². The minimum atomic E-state index is -1.78. The van der Waals surface area contributed by atoms with Gasteiger partial charge in [-0.05, 0) is 85.6 Å². The summed E-state index contributed by atoms with van der Waals surface area (Å²) in [6.45, 7) is 6.70. The van der Waals surface area contributed by atoms with E-state index in [-0.39, 0.29) is 5.41 Å². The van der Waals surface area contributed by atoms with Gasteiger partial charge < -0.3 is 10.2 Å². The number of aromatic hydroxyl groups is 1. The second kappa shape index (κ2) is 7.19. The monoisotopic (exact) mass is 407 g/mol. The normalized spacial score (nSPS) is 35.5. The highest BCUT2D eigenvalue weighted by Gasteiger charge is 2.61. The van der Waals surface area contributed by atoms with Crippen LogP contribution in [-0.2, 0) is 6.42 Å². The summed E-state index contributed by atoms with van der Waals surface area (Å²) in [7, 11) is -1.78. The summed E-state index contributed by atoms with van der Waals surface area (Å²) in [6.07, 6.45) is 6.65. The van der Waals surface area contributed by atoms with Crippen molar-refractivity contribution in [1.29, 1.82) is 5.26 Å². The smallest absolute Gasteiger partial charge is 0.133 e. The molecule has 1 aromatic rings. The van der Waals surface area contributed by atoms with Gasteiger partial charge in [-0.1, -0.05) is 32.0 Å². The molecule has 0 aromatic heterocycles. The third kappa shape index (κ3) is 3.41. The molecule has 2 saturated carbocycles. The summed E-state index contributed by atoms with van der Waals surface area (Å²) < 4.78 is 0. The quantitative estimate of drug-likeness (QED) is 0.527. The predicted octanol–water partition coefficient (Wildman–Crippen LogP) is 5.14. The minimum Gasteiger partial charge on any atom is -0.508 e. The Morgan fingerprint density at radius 2 is 2.00 bits per heavy atom. The fourth-order valence-electron chi connectivity index (χ4n) is 6.49. The Balaban J connectivity index is 1.60. The lowest BCUT2D eigenvalue weighted by molar-refractivity contribution is -0.0647. The molecule has 0 unspecified atom stereocenters. The van der Waals surface area contributed by atoms with E-state index in [9.17, 15) is 10.2 Å². The van der Waals surface area contributed by atoms with Gasteiger partial charge in [0.1, 0.15) is 19.4 Å². The fraction of sp³-hybridized carbons (Fsp3) is 0.640. The summed E-state index contributed by atoms with van der Waals surface area (Å²) in [5.41, 5.74) is 5.19. The molecule has 2 N–H and O–H groups in total. The SMILES string of the molecule is C[C@]12CC[C@@H]3c4ccc(O)cc4CC[C@H]3[C@@H]1CC[C@@]2(O)C#C[Si](C)(C)CCC#N. The van der Waals surface area contributed by atoms with E-state index in [0.717, 1.165) is 44.6 Å². The van der Waals surface area contributed by atoms with Gasteiger partial charge in [0.2, 0.25) is 0 Å². The van der Waals surface area contributed by atoms with E-state index in [1.54, 1.807) is 0 Å². The van der Waals surface area contributed by atoms with Crippen molar-refractivity contribution in [1.82, 2.24) is 0 Å². The molecule has 2 fully saturated rings. The van der Waals surface area contributed by atoms with Crippen LogP contribution >= 0.6 is 0 Å². The Labute approximate surface area is 176 Å². The van der Waals surface area contributed by atoms with Crippen molar-refractivity contribution in [3.05, 3.63) is 29.3 Å². The number of aryl methyl sites for hydroxylation is 1. The molecule has 3 nitrogen and oxygen atoms in total. The van der Waals surface area contributed by atoms with Crippen molar-refractivity contribution in [2.45, 2.75) is 82.5 Å². The van der Waals surface area contributed by atoms with E-state index >= 15 is 0 Å². The zero-order valence-electron chi connectivity index (χ0n) is 18.0. The van der Waals surface area contributed by atoms with Crippen LogP contribution < -0.4 is 0 Å². The van der Waals surface area contributed by atoms with Gasteiger partial charge in [0.25, 0.3) is 0 Å². The van der Waals surface area contributed by atoms with E-state index in [1.165, 1.54) is 11.1 Å². The van der Waals surface area contributed by atoms with Crippen LogP contribution in [0.25, 0.3) is 0 Å². The van der Waals surface area contributed by atoms with Gasteiger partial charge in [0.15, 0.2) is 0 Å². The Kier molecular flexibility index (Phi) is 5.08.